The van der Waals surface area contributed by atoms with E-state index >= 15 is 0 Å². The lowest BCUT2D eigenvalue weighted by molar-refractivity contribution is -0.510. The summed E-state index contributed by atoms with van der Waals surface area (Å²) in [5.41, 5.74) is -1.34. The zero-order valence-electron chi connectivity index (χ0n) is 12.4. The van der Waals surface area contributed by atoms with Crippen molar-refractivity contribution < 1.29 is 17.6 Å². The zero-order chi connectivity index (χ0) is 17.5. The van der Waals surface area contributed by atoms with E-state index in [0.717, 1.165) is 28.8 Å². The van der Waals surface area contributed by atoms with Crippen molar-refractivity contribution in [3.63, 3.8) is 0 Å². The van der Waals surface area contributed by atoms with Gasteiger partial charge in [-0.05, 0) is 43.0 Å². The molecule has 3 rings (SSSR count). The summed E-state index contributed by atoms with van der Waals surface area (Å²) in [6, 6.07) is 11.4. The summed E-state index contributed by atoms with van der Waals surface area (Å²) in [4.78, 5) is 13.3. The highest BCUT2D eigenvalue weighted by Gasteiger charge is 2.32. The van der Waals surface area contributed by atoms with Gasteiger partial charge in [0.2, 0.25) is 0 Å². The van der Waals surface area contributed by atoms with Gasteiger partial charge in [0, 0.05) is 15.9 Å². The molecule has 1 heterocycles. The largest absolute Gasteiger partial charge is 0.805 e. The maximum Gasteiger partial charge on any atom is 0.416 e. The Morgan fingerprint density at radius 3 is 2.42 bits per heavy atom. The van der Waals surface area contributed by atoms with Gasteiger partial charge >= 0.3 is 11.2 Å². The molecule has 24 heavy (non-hydrogen) atoms. The smallest absolute Gasteiger partial charge is 0.416 e. The first-order valence-corrected chi connectivity index (χ1v) is 7.70. The van der Waals surface area contributed by atoms with Crippen LogP contribution in [0.5, 0.6) is 0 Å². The van der Waals surface area contributed by atoms with Gasteiger partial charge in [-0.15, -0.1) is 0 Å². The zero-order valence-corrected chi connectivity index (χ0v) is 13.2. The predicted molar refractivity (Wildman–Crippen MR) is 84.4 cm³/mol. The Balaban J connectivity index is 2.22. The summed E-state index contributed by atoms with van der Waals surface area (Å²) >= 11 is 1.09. The van der Waals surface area contributed by atoms with Crippen molar-refractivity contribution in [3.05, 3.63) is 69.9 Å². The lowest BCUT2D eigenvalue weighted by Gasteiger charge is -2.17. The molecule has 0 saturated carbocycles. The van der Waals surface area contributed by atoms with Crippen LogP contribution in [0.4, 0.5) is 13.2 Å². The molecule has 124 valence electrons. The van der Waals surface area contributed by atoms with Gasteiger partial charge in [-0.1, -0.05) is 18.2 Å². The third kappa shape index (κ3) is 2.84. The Bertz CT molecular complexity index is 969. The fourth-order valence-electron chi connectivity index (χ4n) is 2.27. The fourth-order valence-corrected chi connectivity index (χ4v) is 3.20. The molecule has 0 atom stereocenters. The average molecular weight is 352 g/mol. The molecule has 0 spiro atoms. The number of benzene rings is 2. The standard InChI is InChI=1S/C16H11F3N2O2S/c1-10-15(24-12-5-3-2-4-6-12)21(23)13-8-7-11(16(17,18)19)9-14(13)20(10)22/h2-9H,1H3. The molecule has 1 aromatic heterocycles. The fraction of sp³-hybridized carbons (Fsp3) is 0.125. The molecule has 0 aliphatic heterocycles. The number of rotatable bonds is 2. The minimum Gasteiger partial charge on any atom is -0.805 e. The normalized spacial score (nSPS) is 11.8. The number of fused-ring (bicyclic) bond motifs is 1. The molecule has 4 nitrogen and oxygen atoms in total. The van der Waals surface area contributed by atoms with Crippen LogP contribution in [0.1, 0.15) is 11.3 Å². The van der Waals surface area contributed by atoms with E-state index in [9.17, 15) is 23.3 Å². The van der Waals surface area contributed by atoms with Crippen molar-refractivity contribution in [2.24, 2.45) is 0 Å². The second-order valence-electron chi connectivity index (χ2n) is 5.10. The Labute approximate surface area is 138 Å². The van der Waals surface area contributed by atoms with E-state index in [1.54, 1.807) is 24.3 Å². The first-order chi connectivity index (χ1) is 11.3. The van der Waals surface area contributed by atoms with Crippen LogP contribution in [0.15, 0.2) is 58.5 Å². The molecular formula is C16H11F3N2O2S. The van der Waals surface area contributed by atoms with Crippen LogP contribution in [0.2, 0.25) is 0 Å². The first kappa shape index (κ1) is 16.4. The molecule has 0 radical (unpaired) electrons. The Kier molecular flexibility index (Phi) is 4.00. The van der Waals surface area contributed by atoms with Gasteiger partial charge in [0.05, 0.1) is 15.7 Å². The maximum atomic E-state index is 12.8. The molecule has 0 N–H and O–H groups in total. The topological polar surface area (TPSA) is 51.0 Å². The highest BCUT2D eigenvalue weighted by molar-refractivity contribution is 7.99. The van der Waals surface area contributed by atoms with Crippen molar-refractivity contribution >= 4 is 22.8 Å². The monoisotopic (exact) mass is 352 g/mol. The molecule has 0 amide bonds. The Morgan fingerprint density at radius 1 is 1.12 bits per heavy atom. The first-order valence-electron chi connectivity index (χ1n) is 6.88. The summed E-state index contributed by atoms with van der Waals surface area (Å²) in [6.45, 7) is 1.41. The van der Waals surface area contributed by atoms with Crippen LogP contribution < -0.4 is 4.43 Å². The van der Waals surface area contributed by atoms with Crippen LogP contribution in [0, 0.1) is 17.0 Å². The van der Waals surface area contributed by atoms with Crippen molar-refractivity contribution in [2.75, 3.05) is 0 Å². The van der Waals surface area contributed by atoms with Crippen LogP contribution in [0.25, 0.3) is 11.0 Å². The van der Waals surface area contributed by atoms with E-state index in [-0.39, 0.29) is 21.8 Å². The van der Waals surface area contributed by atoms with Crippen molar-refractivity contribution in [2.45, 2.75) is 23.0 Å². The number of aromatic nitrogens is 2. The molecular weight excluding hydrogens is 341 g/mol. The van der Waals surface area contributed by atoms with E-state index in [4.69, 9.17) is 0 Å². The summed E-state index contributed by atoms with van der Waals surface area (Å²) in [7, 11) is 0. The summed E-state index contributed by atoms with van der Waals surface area (Å²) in [6.07, 6.45) is -4.58. The van der Waals surface area contributed by atoms with Crippen molar-refractivity contribution in [1.29, 1.82) is 0 Å². The molecule has 0 fully saturated rings. The number of hydrogen-bond donors (Lipinski definition) is 0. The number of nitrogens with zero attached hydrogens (tertiary/aromatic N) is 2. The molecule has 8 heteroatoms. The van der Waals surface area contributed by atoms with Crippen LogP contribution in [-0.4, -0.2) is 4.73 Å². The van der Waals surface area contributed by atoms with E-state index in [2.05, 4.69) is 0 Å². The highest BCUT2D eigenvalue weighted by Crippen LogP contribution is 2.33. The lowest BCUT2D eigenvalue weighted by Crippen LogP contribution is -2.24. The second-order valence-corrected chi connectivity index (χ2v) is 6.16. The van der Waals surface area contributed by atoms with E-state index in [1.807, 2.05) is 6.07 Å². The van der Waals surface area contributed by atoms with Crippen LogP contribution in [0.3, 0.4) is 0 Å². The predicted octanol–water partition coefficient (Wildman–Crippen LogP) is 4.38. The molecule has 0 aliphatic carbocycles. The Morgan fingerprint density at radius 2 is 1.79 bits per heavy atom. The van der Waals surface area contributed by atoms with Gasteiger partial charge < -0.3 is 9.94 Å². The molecule has 0 saturated heterocycles. The van der Waals surface area contributed by atoms with Crippen molar-refractivity contribution in [3.8, 4) is 0 Å². The van der Waals surface area contributed by atoms with E-state index in [1.165, 1.54) is 6.92 Å². The van der Waals surface area contributed by atoms with E-state index in [0.29, 0.717) is 15.2 Å². The third-order valence-corrected chi connectivity index (χ3v) is 4.66. The molecule has 3 aromatic rings. The average Bonchev–Trinajstić information content (AvgIpc) is 2.56. The SMILES string of the molecule is Cc1c(Sc2ccccc2)[n+](=O)c2ccc(C(F)(F)F)cc2n1[O-]. The van der Waals surface area contributed by atoms with Crippen LogP contribution >= 0.6 is 11.8 Å². The number of alkyl halides is 3. The molecule has 2 aromatic carbocycles. The van der Waals surface area contributed by atoms with Gasteiger partial charge in [0.1, 0.15) is 5.52 Å². The highest BCUT2D eigenvalue weighted by atomic mass is 32.2. The van der Waals surface area contributed by atoms with Gasteiger partial charge in [-0.2, -0.15) is 13.2 Å². The summed E-state index contributed by atoms with van der Waals surface area (Å²) < 4.78 is 39.3. The van der Waals surface area contributed by atoms with E-state index < -0.39 is 11.7 Å². The molecule has 0 aliphatic rings. The van der Waals surface area contributed by atoms with Crippen LogP contribution in [-0.2, 0) is 6.18 Å². The Hall–Kier alpha value is -2.48. The minimum absolute atomic E-state index is 0.0469. The third-order valence-electron chi connectivity index (χ3n) is 3.50. The van der Waals surface area contributed by atoms with Gasteiger partial charge in [0.25, 0.3) is 5.52 Å². The van der Waals surface area contributed by atoms with Gasteiger partial charge in [-0.25, -0.2) is 0 Å². The lowest BCUT2D eigenvalue weighted by atomic mass is 10.2. The second kappa shape index (κ2) is 5.86. The van der Waals surface area contributed by atoms with Crippen molar-refractivity contribution in [1.82, 2.24) is 4.73 Å². The number of halogens is 3. The molecule has 0 unspecified atom stereocenters. The maximum absolute atomic E-state index is 12.8. The van der Waals surface area contributed by atoms with Gasteiger partial charge in [-0.3, -0.25) is 0 Å². The summed E-state index contributed by atoms with van der Waals surface area (Å²) in [5.74, 6) is 0. The molecule has 0 bridgehead atoms. The summed E-state index contributed by atoms with van der Waals surface area (Å²) in [5, 5.41) is 12.5. The number of hydrogen-bond acceptors (Lipinski definition) is 3. The minimum atomic E-state index is -4.58. The quantitative estimate of drug-likeness (QED) is 0.643. The van der Waals surface area contributed by atoms with Gasteiger partial charge in [0.15, 0.2) is 0 Å².